The Morgan fingerprint density at radius 1 is 1.15 bits per heavy atom. The van der Waals surface area contributed by atoms with E-state index in [1.165, 1.54) is 51.1 Å². The maximum Gasteiger partial charge on any atom is 0.0340 e. The summed E-state index contributed by atoms with van der Waals surface area (Å²) in [4.78, 5) is 4.95. The Labute approximate surface area is 124 Å². The summed E-state index contributed by atoms with van der Waals surface area (Å²) in [7, 11) is 4.36. The van der Waals surface area contributed by atoms with Gasteiger partial charge in [-0.2, -0.15) is 0 Å². The Bertz CT molecular complexity index is 356. The lowest BCUT2D eigenvalue weighted by molar-refractivity contribution is 0.162. The van der Waals surface area contributed by atoms with Crippen molar-refractivity contribution in [2.24, 2.45) is 5.92 Å². The summed E-state index contributed by atoms with van der Waals surface area (Å²) >= 11 is 0. The first-order chi connectivity index (χ1) is 9.74. The standard InChI is InChI=1S/C17H29N3/c1-19(2)15-16-9-13-20(14-10-16)12-6-11-18-17-7-4-3-5-8-17/h3-5,7-8,16,18H,6,9-15H2,1-2H3. The summed E-state index contributed by atoms with van der Waals surface area (Å²) in [6.45, 7) is 6.12. The number of para-hydroxylation sites is 1. The fourth-order valence-corrected chi connectivity index (χ4v) is 3.00. The predicted octanol–water partition coefficient (Wildman–Crippen LogP) is 2.76. The highest BCUT2D eigenvalue weighted by atomic mass is 15.1. The van der Waals surface area contributed by atoms with Crippen molar-refractivity contribution in [1.29, 1.82) is 0 Å². The molecule has 112 valence electrons. The fourth-order valence-electron chi connectivity index (χ4n) is 3.00. The Morgan fingerprint density at radius 3 is 2.50 bits per heavy atom. The molecule has 1 saturated heterocycles. The van der Waals surface area contributed by atoms with E-state index in [4.69, 9.17) is 0 Å². The molecule has 0 amide bonds. The molecule has 0 radical (unpaired) electrons. The van der Waals surface area contributed by atoms with E-state index in [-0.39, 0.29) is 0 Å². The van der Waals surface area contributed by atoms with Gasteiger partial charge in [-0.1, -0.05) is 18.2 Å². The van der Waals surface area contributed by atoms with Crippen LogP contribution in [-0.2, 0) is 0 Å². The van der Waals surface area contributed by atoms with Gasteiger partial charge < -0.3 is 15.1 Å². The first-order valence-corrected chi connectivity index (χ1v) is 7.90. The summed E-state index contributed by atoms with van der Waals surface area (Å²) in [5.41, 5.74) is 1.23. The average Bonchev–Trinajstić information content (AvgIpc) is 2.46. The number of hydrogen-bond donors (Lipinski definition) is 1. The van der Waals surface area contributed by atoms with Crippen LogP contribution in [0.2, 0.25) is 0 Å². The minimum absolute atomic E-state index is 0.906. The Kier molecular flexibility index (Phi) is 6.34. The number of rotatable bonds is 7. The molecule has 0 bridgehead atoms. The second-order valence-corrected chi connectivity index (χ2v) is 6.19. The van der Waals surface area contributed by atoms with Crippen molar-refractivity contribution in [3.8, 4) is 0 Å². The molecule has 1 aromatic carbocycles. The minimum atomic E-state index is 0.906. The maximum atomic E-state index is 3.49. The lowest BCUT2D eigenvalue weighted by Crippen LogP contribution is -2.37. The fraction of sp³-hybridized carbons (Fsp3) is 0.647. The molecule has 0 unspecified atom stereocenters. The van der Waals surface area contributed by atoms with Crippen LogP contribution in [-0.4, -0.2) is 56.6 Å². The summed E-state index contributed by atoms with van der Waals surface area (Å²) in [5.74, 6) is 0.906. The quantitative estimate of drug-likeness (QED) is 0.772. The van der Waals surface area contributed by atoms with Gasteiger partial charge >= 0.3 is 0 Å². The third-order valence-corrected chi connectivity index (χ3v) is 4.08. The molecule has 20 heavy (non-hydrogen) atoms. The molecular weight excluding hydrogens is 246 g/mol. The first-order valence-electron chi connectivity index (χ1n) is 7.90. The molecule has 0 aliphatic carbocycles. The van der Waals surface area contributed by atoms with Crippen LogP contribution in [0.4, 0.5) is 5.69 Å². The topological polar surface area (TPSA) is 18.5 Å². The van der Waals surface area contributed by atoms with Crippen molar-refractivity contribution in [1.82, 2.24) is 9.80 Å². The van der Waals surface area contributed by atoms with Crippen molar-refractivity contribution in [3.05, 3.63) is 30.3 Å². The molecule has 0 aromatic heterocycles. The molecule has 1 aliphatic rings. The van der Waals surface area contributed by atoms with Crippen LogP contribution >= 0.6 is 0 Å². The average molecular weight is 275 g/mol. The van der Waals surface area contributed by atoms with Crippen molar-refractivity contribution in [2.75, 3.05) is 52.1 Å². The minimum Gasteiger partial charge on any atom is -0.385 e. The van der Waals surface area contributed by atoms with Gasteiger partial charge in [-0.3, -0.25) is 0 Å². The molecule has 3 heteroatoms. The normalized spacial score (nSPS) is 17.6. The van der Waals surface area contributed by atoms with Gasteiger partial charge in [0.25, 0.3) is 0 Å². The van der Waals surface area contributed by atoms with Crippen molar-refractivity contribution in [3.63, 3.8) is 0 Å². The van der Waals surface area contributed by atoms with E-state index in [0.29, 0.717) is 0 Å². The second-order valence-electron chi connectivity index (χ2n) is 6.19. The van der Waals surface area contributed by atoms with Gasteiger partial charge in [0.1, 0.15) is 0 Å². The van der Waals surface area contributed by atoms with Crippen molar-refractivity contribution >= 4 is 5.69 Å². The third-order valence-electron chi connectivity index (χ3n) is 4.08. The molecule has 1 heterocycles. The van der Waals surface area contributed by atoms with Gasteiger partial charge in [0, 0.05) is 18.8 Å². The van der Waals surface area contributed by atoms with Gasteiger partial charge in [-0.05, 0) is 71.0 Å². The molecule has 1 N–H and O–H groups in total. The van der Waals surface area contributed by atoms with E-state index in [1.54, 1.807) is 0 Å². The van der Waals surface area contributed by atoms with Crippen LogP contribution in [0.1, 0.15) is 19.3 Å². The molecule has 0 spiro atoms. The highest BCUT2D eigenvalue weighted by Crippen LogP contribution is 2.17. The van der Waals surface area contributed by atoms with Gasteiger partial charge in [0.15, 0.2) is 0 Å². The van der Waals surface area contributed by atoms with Gasteiger partial charge in [-0.15, -0.1) is 0 Å². The lowest BCUT2D eigenvalue weighted by atomic mass is 9.96. The molecule has 0 saturated carbocycles. The number of nitrogens with one attached hydrogen (secondary N) is 1. The van der Waals surface area contributed by atoms with Crippen LogP contribution < -0.4 is 5.32 Å². The molecular formula is C17H29N3. The van der Waals surface area contributed by atoms with Crippen LogP contribution in [0, 0.1) is 5.92 Å². The van der Waals surface area contributed by atoms with E-state index in [9.17, 15) is 0 Å². The second kappa shape index (κ2) is 8.28. The predicted molar refractivity (Wildman–Crippen MR) is 87.3 cm³/mol. The van der Waals surface area contributed by atoms with E-state index in [2.05, 4.69) is 59.5 Å². The summed E-state index contributed by atoms with van der Waals surface area (Å²) in [5, 5.41) is 3.49. The van der Waals surface area contributed by atoms with Crippen LogP contribution in [0.3, 0.4) is 0 Å². The monoisotopic (exact) mass is 275 g/mol. The maximum absolute atomic E-state index is 3.49. The molecule has 2 rings (SSSR count). The van der Waals surface area contributed by atoms with Crippen LogP contribution in [0.25, 0.3) is 0 Å². The number of hydrogen-bond acceptors (Lipinski definition) is 3. The number of likely N-dealkylation sites (tertiary alicyclic amines) is 1. The lowest BCUT2D eigenvalue weighted by Gasteiger charge is -2.33. The molecule has 1 aromatic rings. The highest BCUT2D eigenvalue weighted by molar-refractivity contribution is 5.42. The molecule has 0 atom stereocenters. The Hall–Kier alpha value is -1.06. The number of benzene rings is 1. The molecule has 1 aliphatic heterocycles. The van der Waals surface area contributed by atoms with E-state index >= 15 is 0 Å². The van der Waals surface area contributed by atoms with Crippen LogP contribution in [0.15, 0.2) is 30.3 Å². The van der Waals surface area contributed by atoms with Gasteiger partial charge in [0.05, 0.1) is 0 Å². The van der Waals surface area contributed by atoms with Crippen molar-refractivity contribution in [2.45, 2.75) is 19.3 Å². The van der Waals surface area contributed by atoms with Crippen LogP contribution in [0.5, 0.6) is 0 Å². The van der Waals surface area contributed by atoms with E-state index in [0.717, 1.165) is 12.5 Å². The Balaban J connectivity index is 1.55. The zero-order valence-electron chi connectivity index (χ0n) is 13.0. The summed E-state index contributed by atoms with van der Waals surface area (Å²) < 4.78 is 0. The largest absolute Gasteiger partial charge is 0.385 e. The summed E-state index contributed by atoms with van der Waals surface area (Å²) in [6, 6.07) is 10.5. The molecule has 3 nitrogen and oxygen atoms in total. The van der Waals surface area contributed by atoms with Crippen molar-refractivity contribution < 1.29 is 0 Å². The van der Waals surface area contributed by atoms with Gasteiger partial charge in [-0.25, -0.2) is 0 Å². The molecule has 1 fully saturated rings. The Morgan fingerprint density at radius 2 is 1.85 bits per heavy atom. The zero-order chi connectivity index (χ0) is 14.2. The van der Waals surface area contributed by atoms with E-state index in [1.807, 2.05) is 0 Å². The number of anilines is 1. The number of piperidine rings is 1. The first kappa shape index (κ1) is 15.3. The zero-order valence-corrected chi connectivity index (χ0v) is 13.0. The van der Waals surface area contributed by atoms with Gasteiger partial charge in [0.2, 0.25) is 0 Å². The number of nitrogens with zero attached hydrogens (tertiary/aromatic N) is 2. The highest BCUT2D eigenvalue weighted by Gasteiger charge is 2.18. The summed E-state index contributed by atoms with van der Waals surface area (Å²) in [6.07, 6.45) is 3.96. The smallest absolute Gasteiger partial charge is 0.0340 e. The third kappa shape index (κ3) is 5.51. The van der Waals surface area contributed by atoms with E-state index < -0.39 is 0 Å². The SMILES string of the molecule is CN(C)CC1CCN(CCCNc2ccccc2)CC1.